The van der Waals surface area contributed by atoms with Gasteiger partial charge in [0, 0.05) is 17.3 Å². The number of esters is 1. The minimum atomic E-state index is -0.597. The number of phenolic OH excluding ortho intramolecular Hbond substituents is 1. The fourth-order valence-electron chi connectivity index (χ4n) is 2.79. The third-order valence-corrected chi connectivity index (χ3v) is 4.32. The summed E-state index contributed by atoms with van der Waals surface area (Å²) in [4.78, 5) is 24.0. The molecule has 30 heavy (non-hydrogen) atoms. The number of nitriles is 1. The normalized spacial score (nSPS) is 10.9. The first kappa shape index (κ1) is 20.4. The van der Waals surface area contributed by atoms with Crippen LogP contribution >= 0.6 is 0 Å². The number of rotatable bonds is 5. The quantitative estimate of drug-likeness (QED) is 0.285. The van der Waals surface area contributed by atoms with Crippen LogP contribution in [0.5, 0.6) is 5.75 Å². The Morgan fingerprint density at radius 3 is 2.50 bits per heavy atom. The molecule has 1 amide bonds. The second-order valence-corrected chi connectivity index (χ2v) is 6.39. The predicted octanol–water partition coefficient (Wildman–Crippen LogP) is 4.29. The van der Waals surface area contributed by atoms with Crippen LogP contribution in [0.1, 0.15) is 21.7 Å². The molecular weight excluding hydrogens is 384 g/mol. The fourth-order valence-corrected chi connectivity index (χ4v) is 2.79. The maximum absolute atomic E-state index is 12.3. The third-order valence-electron chi connectivity index (χ3n) is 4.32. The number of aromatic hydroxyl groups is 1. The zero-order valence-corrected chi connectivity index (χ0v) is 16.3. The van der Waals surface area contributed by atoms with Crippen molar-refractivity contribution in [3.63, 3.8) is 0 Å². The molecule has 0 saturated carbocycles. The highest BCUT2D eigenvalue weighted by atomic mass is 16.5. The van der Waals surface area contributed by atoms with E-state index in [1.54, 1.807) is 30.3 Å². The minimum Gasteiger partial charge on any atom is -0.508 e. The van der Waals surface area contributed by atoms with Gasteiger partial charge in [0.1, 0.15) is 28.9 Å². The van der Waals surface area contributed by atoms with Crippen LogP contribution in [0.3, 0.4) is 0 Å². The molecule has 1 aromatic heterocycles. The Bertz CT molecular complexity index is 1170. The van der Waals surface area contributed by atoms with Crippen molar-refractivity contribution in [2.75, 3.05) is 12.4 Å². The highest BCUT2D eigenvalue weighted by Gasteiger charge is 2.14. The summed E-state index contributed by atoms with van der Waals surface area (Å²) in [5.74, 6) is -0.0851. The van der Waals surface area contributed by atoms with Crippen molar-refractivity contribution in [2.45, 2.75) is 6.92 Å². The van der Waals surface area contributed by atoms with E-state index in [0.717, 1.165) is 11.1 Å². The molecule has 2 N–H and O–H groups in total. The molecule has 7 nitrogen and oxygen atoms in total. The standard InChI is InChI=1S/C23H18N2O5/c1-14-11-15(23(28)29-2)3-9-20(14)21-10-8-19(30-21)12-16(13-24)22(27)25-17-4-6-18(26)7-5-17/h3-12,26H,1-2H3,(H,25,27). The van der Waals surface area contributed by atoms with E-state index in [4.69, 9.17) is 9.15 Å². The van der Waals surface area contributed by atoms with E-state index in [-0.39, 0.29) is 11.3 Å². The molecule has 0 aliphatic heterocycles. The zero-order chi connectivity index (χ0) is 21.7. The number of phenols is 1. The Morgan fingerprint density at radius 1 is 1.13 bits per heavy atom. The van der Waals surface area contributed by atoms with Gasteiger partial charge in [-0.15, -0.1) is 0 Å². The third kappa shape index (κ3) is 4.56. The van der Waals surface area contributed by atoms with Gasteiger partial charge in [-0.2, -0.15) is 5.26 Å². The van der Waals surface area contributed by atoms with Crippen molar-refractivity contribution in [3.8, 4) is 23.1 Å². The number of benzene rings is 2. The van der Waals surface area contributed by atoms with Crippen molar-refractivity contribution in [2.24, 2.45) is 0 Å². The minimum absolute atomic E-state index is 0.0714. The molecule has 0 radical (unpaired) electrons. The lowest BCUT2D eigenvalue weighted by Crippen LogP contribution is -2.13. The average Bonchev–Trinajstić information content (AvgIpc) is 3.21. The largest absolute Gasteiger partial charge is 0.508 e. The smallest absolute Gasteiger partial charge is 0.337 e. The first-order valence-electron chi connectivity index (χ1n) is 8.92. The highest BCUT2D eigenvalue weighted by molar-refractivity contribution is 6.09. The van der Waals surface area contributed by atoms with E-state index in [1.165, 1.54) is 37.5 Å². The summed E-state index contributed by atoms with van der Waals surface area (Å²) in [6.45, 7) is 1.84. The Kier molecular flexibility index (Phi) is 5.99. The van der Waals surface area contributed by atoms with E-state index in [2.05, 4.69) is 5.32 Å². The summed E-state index contributed by atoms with van der Waals surface area (Å²) in [5, 5.41) is 21.2. The van der Waals surface area contributed by atoms with E-state index >= 15 is 0 Å². The number of methoxy groups -OCH3 is 1. The predicted molar refractivity (Wildman–Crippen MR) is 111 cm³/mol. The molecule has 7 heteroatoms. The number of furan rings is 1. The van der Waals surface area contributed by atoms with Crippen molar-refractivity contribution in [3.05, 3.63) is 77.1 Å². The first-order chi connectivity index (χ1) is 14.4. The number of amides is 1. The Labute approximate surface area is 172 Å². The van der Waals surface area contributed by atoms with Gasteiger partial charge in [0.15, 0.2) is 0 Å². The number of carbonyl (C=O) groups excluding carboxylic acids is 2. The highest BCUT2D eigenvalue weighted by Crippen LogP contribution is 2.27. The topological polar surface area (TPSA) is 113 Å². The average molecular weight is 402 g/mol. The van der Waals surface area contributed by atoms with E-state index < -0.39 is 11.9 Å². The van der Waals surface area contributed by atoms with Gasteiger partial charge in [-0.1, -0.05) is 6.07 Å². The van der Waals surface area contributed by atoms with Crippen LogP contribution in [0.15, 0.2) is 64.6 Å². The summed E-state index contributed by atoms with van der Waals surface area (Å²) >= 11 is 0. The van der Waals surface area contributed by atoms with Gasteiger partial charge in [0.25, 0.3) is 5.91 Å². The van der Waals surface area contributed by atoms with Crippen LogP contribution in [-0.4, -0.2) is 24.1 Å². The van der Waals surface area contributed by atoms with Gasteiger partial charge >= 0.3 is 5.97 Å². The molecule has 0 unspecified atom stereocenters. The summed E-state index contributed by atoms with van der Waals surface area (Å²) < 4.78 is 10.5. The first-order valence-corrected chi connectivity index (χ1v) is 8.92. The zero-order valence-electron chi connectivity index (χ0n) is 16.3. The van der Waals surface area contributed by atoms with Gasteiger partial charge in [0.2, 0.25) is 0 Å². The molecule has 3 rings (SSSR count). The molecule has 3 aromatic rings. The number of aryl methyl sites for hydroxylation is 1. The number of nitrogens with one attached hydrogen (secondary N) is 1. The van der Waals surface area contributed by atoms with Gasteiger partial charge in [-0.3, -0.25) is 4.79 Å². The maximum atomic E-state index is 12.3. The lowest BCUT2D eigenvalue weighted by atomic mass is 10.0. The Balaban J connectivity index is 1.81. The second kappa shape index (κ2) is 8.80. The van der Waals surface area contributed by atoms with Crippen LogP contribution in [0, 0.1) is 18.3 Å². The molecule has 150 valence electrons. The number of hydrogen-bond acceptors (Lipinski definition) is 6. The van der Waals surface area contributed by atoms with E-state index in [1.807, 2.05) is 13.0 Å². The molecule has 0 aliphatic carbocycles. The van der Waals surface area contributed by atoms with E-state index in [9.17, 15) is 20.0 Å². The van der Waals surface area contributed by atoms with Crippen LogP contribution in [0.2, 0.25) is 0 Å². The monoisotopic (exact) mass is 402 g/mol. The molecule has 0 aliphatic rings. The van der Waals surface area contributed by atoms with Crippen LogP contribution in [-0.2, 0) is 9.53 Å². The summed E-state index contributed by atoms with van der Waals surface area (Å²) in [6, 6.07) is 16.2. The van der Waals surface area contributed by atoms with Gasteiger partial charge in [-0.05, 0) is 61.0 Å². The number of nitrogens with zero attached hydrogens (tertiary/aromatic N) is 1. The maximum Gasteiger partial charge on any atom is 0.337 e. The van der Waals surface area contributed by atoms with Crippen molar-refractivity contribution in [1.82, 2.24) is 0 Å². The Morgan fingerprint density at radius 2 is 1.87 bits per heavy atom. The molecule has 0 atom stereocenters. The number of anilines is 1. The molecule has 0 fully saturated rings. The fraction of sp³-hybridized carbons (Fsp3) is 0.0870. The molecular formula is C23H18N2O5. The number of hydrogen-bond donors (Lipinski definition) is 2. The van der Waals surface area contributed by atoms with Gasteiger partial charge < -0.3 is 19.6 Å². The van der Waals surface area contributed by atoms with Crippen molar-refractivity contribution >= 4 is 23.6 Å². The van der Waals surface area contributed by atoms with E-state index in [0.29, 0.717) is 22.8 Å². The molecule has 0 saturated heterocycles. The van der Waals surface area contributed by atoms with Crippen LogP contribution in [0.25, 0.3) is 17.4 Å². The SMILES string of the molecule is COC(=O)c1ccc(-c2ccc(C=C(C#N)C(=O)Nc3ccc(O)cc3)o2)c(C)c1. The lowest BCUT2D eigenvalue weighted by Gasteiger charge is -2.05. The summed E-state index contributed by atoms with van der Waals surface area (Å²) in [7, 11) is 1.32. The Hall–Kier alpha value is -4.31. The molecule has 0 bridgehead atoms. The van der Waals surface area contributed by atoms with Crippen LogP contribution < -0.4 is 5.32 Å². The number of ether oxygens (including phenoxy) is 1. The number of carbonyl (C=O) groups is 2. The second-order valence-electron chi connectivity index (χ2n) is 6.39. The van der Waals surface area contributed by atoms with Gasteiger partial charge in [-0.25, -0.2) is 4.79 Å². The lowest BCUT2D eigenvalue weighted by molar-refractivity contribution is -0.112. The van der Waals surface area contributed by atoms with Crippen LogP contribution in [0.4, 0.5) is 5.69 Å². The molecule has 0 spiro atoms. The molecule has 2 aromatic carbocycles. The van der Waals surface area contributed by atoms with Gasteiger partial charge in [0.05, 0.1) is 12.7 Å². The molecule has 1 heterocycles. The van der Waals surface area contributed by atoms with Crippen molar-refractivity contribution in [1.29, 1.82) is 5.26 Å². The summed E-state index contributed by atoms with van der Waals surface area (Å²) in [6.07, 6.45) is 1.34. The van der Waals surface area contributed by atoms with Crippen molar-refractivity contribution < 1.29 is 23.8 Å². The summed E-state index contributed by atoms with van der Waals surface area (Å²) in [5.41, 5.74) is 2.33.